The maximum absolute atomic E-state index is 12.0. The van der Waals surface area contributed by atoms with Crippen molar-refractivity contribution in [1.29, 1.82) is 0 Å². The average molecular weight is 337 g/mol. The number of nitrogens with two attached hydrogens (primary N) is 1. The van der Waals surface area contributed by atoms with Crippen LogP contribution in [0.4, 0.5) is 5.69 Å². The topological polar surface area (TPSA) is 125 Å². The third-order valence-corrected chi connectivity index (χ3v) is 3.19. The monoisotopic (exact) mass is 337 g/mol. The Morgan fingerprint density at radius 3 is 2.58 bits per heavy atom. The molecule has 1 amide bonds. The first kappa shape index (κ1) is 19.6. The van der Waals surface area contributed by atoms with Crippen molar-refractivity contribution in [2.45, 2.75) is 45.3 Å². The summed E-state index contributed by atoms with van der Waals surface area (Å²) >= 11 is 0. The number of nitrogens with zero attached hydrogens (tertiary/aromatic N) is 1. The number of nitro groups is 1. The third kappa shape index (κ3) is 6.33. The Kier molecular flexibility index (Phi) is 7.84. The molecule has 0 aliphatic heterocycles. The molecular formula is C16H23N3O5. The first-order valence-electron chi connectivity index (χ1n) is 7.77. The van der Waals surface area contributed by atoms with Crippen LogP contribution in [0.3, 0.4) is 0 Å². The number of carbonyl (C=O) groups is 2. The molecule has 0 radical (unpaired) electrons. The van der Waals surface area contributed by atoms with E-state index in [0.717, 1.165) is 0 Å². The highest BCUT2D eigenvalue weighted by Gasteiger charge is 2.26. The van der Waals surface area contributed by atoms with Crippen molar-refractivity contribution in [3.63, 3.8) is 0 Å². The minimum absolute atomic E-state index is 0.154. The summed E-state index contributed by atoms with van der Waals surface area (Å²) in [5.74, 6) is -0.853. The Bertz CT molecular complexity index is 589. The average Bonchev–Trinajstić information content (AvgIpc) is 2.51. The molecule has 0 fully saturated rings. The molecule has 0 heterocycles. The molecule has 24 heavy (non-hydrogen) atoms. The summed E-state index contributed by atoms with van der Waals surface area (Å²) in [6.45, 7) is 3.77. The van der Waals surface area contributed by atoms with E-state index < -0.39 is 16.9 Å². The molecule has 0 bridgehead atoms. The number of nitrogens with one attached hydrogen (secondary N) is 1. The molecule has 3 N–H and O–H groups in total. The lowest BCUT2D eigenvalue weighted by Gasteiger charge is -2.19. The summed E-state index contributed by atoms with van der Waals surface area (Å²) in [6, 6.07) is 5.18. The zero-order chi connectivity index (χ0) is 18.1. The van der Waals surface area contributed by atoms with Gasteiger partial charge in [-0.3, -0.25) is 19.7 Å². The van der Waals surface area contributed by atoms with E-state index in [0.29, 0.717) is 13.0 Å². The Balaban J connectivity index is 3.02. The molecule has 0 saturated heterocycles. The molecular weight excluding hydrogens is 314 g/mol. The molecule has 8 heteroatoms. The van der Waals surface area contributed by atoms with Crippen LogP contribution in [0.5, 0.6) is 0 Å². The summed E-state index contributed by atoms with van der Waals surface area (Å²) in [7, 11) is 0. The SMILES string of the molecule is CC(C)OC(=O)CC(NC(=O)CCCN)c1ccccc1[N+](=O)[O-]. The summed E-state index contributed by atoms with van der Waals surface area (Å²) in [5.41, 5.74) is 5.49. The zero-order valence-electron chi connectivity index (χ0n) is 13.9. The van der Waals surface area contributed by atoms with Crippen molar-refractivity contribution in [2.75, 3.05) is 6.54 Å². The van der Waals surface area contributed by atoms with E-state index in [1.54, 1.807) is 19.9 Å². The molecule has 0 spiro atoms. The van der Waals surface area contributed by atoms with E-state index >= 15 is 0 Å². The van der Waals surface area contributed by atoms with Crippen LogP contribution in [-0.4, -0.2) is 29.4 Å². The van der Waals surface area contributed by atoms with Gasteiger partial charge in [0.05, 0.1) is 29.1 Å². The predicted molar refractivity (Wildman–Crippen MR) is 88.1 cm³/mol. The highest BCUT2D eigenvalue weighted by Crippen LogP contribution is 2.27. The Morgan fingerprint density at radius 1 is 1.33 bits per heavy atom. The highest BCUT2D eigenvalue weighted by atomic mass is 16.6. The van der Waals surface area contributed by atoms with Crippen LogP contribution in [0.25, 0.3) is 0 Å². The summed E-state index contributed by atoms with van der Waals surface area (Å²) in [6.07, 6.45) is 0.188. The number of para-hydroxylation sites is 1. The quantitative estimate of drug-likeness (QED) is 0.402. The fourth-order valence-corrected chi connectivity index (χ4v) is 2.19. The molecule has 0 aliphatic carbocycles. The lowest BCUT2D eigenvalue weighted by molar-refractivity contribution is -0.385. The van der Waals surface area contributed by atoms with E-state index in [4.69, 9.17) is 10.5 Å². The van der Waals surface area contributed by atoms with Gasteiger partial charge in [-0.15, -0.1) is 0 Å². The number of esters is 1. The second kappa shape index (κ2) is 9.61. The predicted octanol–water partition coefficient (Wildman–Crippen LogP) is 1.83. The maximum Gasteiger partial charge on any atom is 0.308 e. The first-order chi connectivity index (χ1) is 11.3. The van der Waals surface area contributed by atoms with Gasteiger partial charge in [-0.1, -0.05) is 18.2 Å². The van der Waals surface area contributed by atoms with Crippen LogP contribution in [0.1, 0.15) is 44.7 Å². The van der Waals surface area contributed by atoms with Crippen LogP contribution in [-0.2, 0) is 14.3 Å². The van der Waals surface area contributed by atoms with E-state index in [2.05, 4.69) is 5.32 Å². The second-order valence-electron chi connectivity index (χ2n) is 5.57. The van der Waals surface area contributed by atoms with Gasteiger partial charge >= 0.3 is 5.97 Å². The van der Waals surface area contributed by atoms with Gasteiger partial charge in [0.25, 0.3) is 5.69 Å². The normalized spacial score (nSPS) is 11.8. The summed E-state index contributed by atoms with van der Waals surface area (Å²) < 4.78 is 5.09. The molecule has 1 unspecified atom stereocenters. The molecule has 1 aromatic carbocycles. The number of hydrogen-bond acceptors (Lipinski definition) is 6. The fraction of sp³-hybridized carbons (Fsp3) is 0.500. The third-order valence-electron chi connectivity index (χ3n) is 3.19. The lowest BCUT2D eigenvalue weighted by Crippen LogP contribution is -2.31. The van der Waals surface area contributed by atoms with Crippen LogP contribution in [0.15, 0.2) is 24.3 Å². The van der Waals surface area contributed by atoms with E-state index in [1.807, 2.05) is 0 Å². The Hall–Kier alpha value is -2.48. The number of ether oxygens (including phenoxy) is 1. The number of rotatable bonds is 9. The Morgan fingerprint density at radius 2 is 2.00 bits per heavy atom. The van der Waals surface area contributed by atoms with Gasteiger partial charge in [0, 0.05) is 12.5 Å². The number of amides is 1. The first-order valence-corrected chi connectivity index (χ1v) is 7.77. The van der Waals surface area contributed by atoms with Gasteiger partial charge in [-0.2, -0.15) is 0 Å². The molecule has 1 rings (SSSR count). The molecule has 0 saturated carbocycles. The number of nitro benzene ring substituents is 1. The fourth-order valence-electron chi connectivity index (χ4n) is 2.19. The number of hydrogen-bond donors (Lipinski definition) is 2. The van der Waals surface area contributed by atoms with Crippen LogP contribution in [0.2, 0.25) is 0 Å². The van der Waals surface area contributed by atoms with Gasteiger partial charge in [-0.05, 0) is 26.8 Å². The van der Waals surface area contributed by atoms with Gasteiger partial charge < -0.3 is 15.8 Å². The molecule has 0 aliphatic rings. The minimum atomic E-state index is -0.830. The van der Waals surface area contributed by atoms with Gasteiger partial charge in [0.1, 0.15) is 0 Å². The van der Waals surface area contributed by atoms with Crippen LogP contribution in [0, 0.1) is 10.1 Å². The second-order valence-corrected chi connectivity index (χ2v) is 5.57. The molecule has 132 valence electrons. The maximum atomic E-state index is 12.0. The van der Waals surface area contributed by atoms with Crippen molar-refractivity contribution in [3.05, 3.63) is 39.9 Å². The van der Waals surface area contributed by atoms with E-state index in [9.17, 15) is 19.7 Å². The minimum Gasteiger partial charge on any atom is -0.463 e. The molecule has 8 nitrogen and oxygen atoms in total. The van der Waals surface area contributed by atoms with Crippen molar-refractivity contribution in [2.24, 2.45) is 5.73 Å². The van der Waals surface area contributed by atoms with Crippen molar-refractivity contribution in [3.8, 4) is 0 Å². The van der Waals surface area contributed by atoms with Gasteiger partial charge in [-0.25, -0.2) is 0 Å². The smallest absolute Gasteiger partial charge is 0.308 e. The Labute approximate surface area is 140 Å². The van der Waals surface area contributed by atoms with Gasteiger partial charge in [0.2, 0.25) is 5.91 Å². The molecule has 1 atom stereocenters. The largest absolute Gasteiger partial charge is 0.463 e. The van der Waals surface area contributed by atoms with Crippen LogP contribution >= 0.6 is 0 Å². The van der Waals surface area contributed by atoms with E-state index in [1.165, 1.54) is 18.2 Å². The number of carbonyl (C=O) groups excluding carboxylic acids is 2. The molecule has 0 aromatic heterocycles. The van der Waals surface area contributed by atoms with Gasteiger partial charge in [0.15, 0.2) is 0 Å². The number of benzene rings is 1. The zero-order valence-corrected chi connectivity index (χ0v) is 13.9. The van der Waals surface area contributed by atoms with Crippen LogP contribution < -0.4 is 11.1 Å². The molecule has 1 aromatic rings. The standard InChI is InChI=1S/C16H23N3O5/c1-11(2)24-16(21)10-13(18-15(20)8-5-9-17)12-6-3-4-7-14(12)19(22)23/h3-4,6-7,11,13H,5,8-10,17H2,1-2H3,(H,18,20). The lowest BCUT2D eigenvalue weighted by atomic mass is 10.0. The van der Waals surface area contributed by atoms with Crippen molar-refractivity contribution in [1.82, 2.24) is 5.32 Å². The summed E-state index contributed by atoms with van der Waals surface area (Å²) in [5, 5.41) is 13.9. The van der Waals surface area contributed by atoms with Crippen molar-refractivity contribution >= 4 is 17.6 Å². The van der Waals surface area contributed by atoms with Crippen molar-refractivity contribution < 1.29 is 19.2 Å². The highest BCUT2D eigenvalue weighted by molar-refractivity contribution is 5.78. The summed E-state index contributed by atoms with van der Waals surface area (Å²) in [4.78, 5) is 34.6. The van der Waals surface area contributed by atoms with E-state index in [-0.39, 0.29) is 36.1 Å².